The Morgan fingerprint density at radius 2 is 1.67 bits per heavy atom. The van der Waals surface area contributed by atoms with Gasteiger partial charge in [0.1, 0.15) is 5.52 Å². The maximum atomic E-state index is 12.2. The predicted octanol–water partition coefficient (Wildman–Crippen LogP) is 4.60. The number of aliphatic carboxylic acids is 1. The smallest absolute Gasteiger partial charge is 0.308 e. The fourth-order valence-electron chi connectivity index (χ4n) is 3.76. The molecule has 1 saturated heterocycles. The van der Waals surface area contributed by atoms with E-state index in [2.05, 4.69) is 17.1 Å². The van der Waals surface area contributed by atoms with E-state index in [-0.39, 0.29) is 18.9 Å². The van der Waals surface area contributed by atoms with Crippen LogP contribution in [0.15, 0.2) is 77.2 Å². The Hall–Kier alpha value is -3.93. The molecule has 6 heteroatoms. The third kappa shape index (κ3) is 3.22. The molecule has 148 valence electrons. The van der Waals surface area contributed by atoms with Gasteiger partial charge in [-0.1, -0.05) is 42.5 Å². The highest BCUT2D eigenvalue weighted by Gasteiger charge is 2.35. The molecule has 0 saturated carbocycles. The summed E-state index contributed by atoms with van der Waals surface area (Å²) in [6, 6.07) is 23.4. The molecule has 4 aromatic rings. The van der Waals surface area contributed by atoms with E-state index in [0.717, 1.165) is 16.7 Å². The molecular formula is C24H18N2O4. The van der Waals surface area contributed by atoms with Gasteiger partial charge < -0.3 is 14.4 Å². The summed E-state index contributed by atoms with van der Waals surface area (Å²) in [6.45, 7) is 0.168. The number of aromatic nitrogens is 1. The third-order valence-corrected chi connectivity index (χ3v) is 5.40. The zero-order valence-corrected chi connectivity index (χ0v) is 16.0. The van der Waals surface area contributed by atoms with Crippen LogP contribution in [0.5, 0.6) is 0 Å². The first-order valence-corrected chi connectivity index (χ1v) is 9.68. The molecule has 1 atom stereocenters. The van der Waals surface area contributed by atoms with Crippen LogP contribution < -0.4 is 4.90 Å². The summed E-state index contributed by atoms with van der Waals surface area (Å²) in [6.07, 6.45) is 0.0167. The van der Waals surface area contributed by atoms with Crippen molar-refractivity contribution in [2.75, 3.05) is 11.4 Å². The first kappa shape index (κ1) is 18.1. The first-order chi connectivity index (χ1) is 14.6. The molecule has 1 fully saturated rings. The number of carbonyl (C=O) groups is 2. The quantitative estimate of drug-likeness (QED) is 0.543. The van der Waals surface area contributed by atoms with Crippen LogP contribution in [0.1, 0.15) is 6.42 Å². The number of benzene rings is 3. The van der Waals surface area contributed by atoms with Crippen molar-refractivity contribution in [1.29, 1.82) is 0 Å². The highest BCUT2D eigenvalue weighted by Crippen LogP contribution is 2.31. The van der Waals surface area contributed by atoms with Gasteiger partial charge in [0.05, 0.1) is 5.92 Å². The Morgan fingerprint density at radius 3 is 2.37 bits per heavy atom. The molecule has 5 rings (SSSR count). The van der Waals surface area contributed by atoms with Gasteiger partial charge in [0, 0.05) is 30.3 Å². The van der Waals surface area contributed by atoms with Gasteiger partial charge in [-0.25, -0.2) is 4.98 Å². The van der Waals surface area contributed by atoms with E-state index in [9.17, 15) is 14.7 Å². The second-order valence-electron chi connectivity index (χ2n) is 7.36. The molecule has 30 heavy (non-hydrogen) atoms. The van der Waals surface area contributed by atoms with Crippen molar-refractivity contribution < 1.29 is 19.1 Å². The van der Waals surface area contributed by atoms with Crippen LogP contribution in [0.25, 0.3) is 33.7 Å². The lowest BCUT2D eigenvalue weighted by molar-refractivity contribution is -0.141. The van der Waals surface area contributed by atoms with Crippen molar-refractivity contribution in [3.8, 4) is 22.6 Å². The lowest BCUT2D eigenvalue weighted by atomic mass is 10.0. The summed E-state index contributed by atoms with van der Waals surface area (Å²) < 4.78 is 5.94. The molecule has 1 aromatic heterocycles. The molecule has 0 spiro atoms. The number of carbonyl (C=O) groups excluding carboxylic acids is 1. The van der Waals surface area contributed by atoms with E-state index < -0.39 is 11.9 Å². The summed E-state index contributed by atoms with van der Waals surface area (Å²) in [5, 5.41) is 9.18. The van der Waals surface area contributed by atoms with E-state index in [1.54, 1.807) is 18.2 Å². The van der Waals surface area contributed by atoms with Crippen LogP contribution in [-0.4, -0.2) is 28.5 Å². The molecular weight excluding hydrogens is 380 g/mol. The lowest BCUT2D eigenvalue weighted by Gasteiger charge is -2.15. The van der Waals surface area contributed by atoms with Gasteiger partial charge in [-0.05, 0) is 35.4 Å². The predicted molar refractivity (Wildman–Crippen MR) is 113 cm³/mol. The average Bonchev–Trinajstić information content (AvgIpc) is 3.37. The Bertz CT molecular complexity index is 1250. The highest BCUT2D eigenvalue weighted by atomic mass is 16.4. The molecule has 1 amide bonds. The summed E-state index contributed by atoms with van der Waals surface area (Å²) >= 11 is 0. The van der Waals surface area contributed by atoms with Crippen LogP contribution >= 0.6 is 0 Å². The molecule has 2 heterocycles. The summed E-state index contributed by atoms with van der Waals surface area (Å²) in [5.41, 5.74) is 4.97. The molecule has 1 aliphatic rings. The molecule has 0 aliphatic carbocycles. The molecule has 6 nitrogen and oxygen atoms in total. The van der Waals surface area contributed by atoms with Crippen LogP contribution in [0.4, 0.5) is 5.69 Å². The fraction of sp³-hybridized carbons (Fsp3) is 0.125. The van der Waals surface area contributed by atoms with Crippen molar-refractivity contribution in [3.05, 3.63) is 72.8 Å². The Morgan fingerprint density at radius 1 is 0.967 bits per heavy atom. The number of amides is 1. The third-order valence-electron chi connectivity index (χ3n) is 5.40. The van der Waals surface area contributed by atoms with Crippen LogP contribution in [-0.2, 0) is 9.59 Å². The molecule has 0 radical (unpaired) electrons. The number of hydrogen-bond donors (Lipinski definition) is 1. The number of carboxylic acids is 1. The first-order valence-electron chi connectivity index (χ1n) is 9.68. The Balaban J connectivity index is 1.43. The topological polar surface area (TPSA) is 83.6 Å². The van der Waals surface area contributed by atoms with Crippen molar-refractivity contribution in [2.24, 2.45) is 5.92 Å². The monoisotopic (exact) mass is 398 g/mol. The molecule has 1 aliphatic heterocycles. The van der Waals surface area contributed by atoms with Crippen LogP contribution in [0.2, 0.25) is 0 Å². The van der Waals surface area contributed by atoms with E-state index in [1.807, 2.05) is 42.5 Å². The second kappa shape index (κ2) is 7.15. The SMILES string of the molecule is O=C(O)[C@@H]1CC(=O)N(c2ccc3nc(-c4ccc(-c5ccccc5)cc4)oc3c2)C1. The number of rotatable bonds is 4. The van der Waals surface area contributed by atoms with Gasteiger partial charge >= 0.3 is 5.97 Å². The largest absolute Gasteiger partial charge is 0.481 e. The number of anilines is 1. The lowest BCUT2D eigenvalue weighted by Crippen LogP contribution is -2.25. The van der Waals surface area contributed by atoms with E-state index >= 15 is 0 Å². The number of nitrogens with zero attached hydrogens (tertiary/aromatic N) is 2. The van der Waals surface area contributed by atoms with Gasteiger partial charge in [-0.15, -0.1) is 0 Å². The average molecular weight is 398 g/mol. The van der Waals surface area contributed by atoms with Crippen molar-refractivity contribution in [1.82, 2.24) is 4.98 Å². The maximum absolute atomic E-state index is 12.2. The summed E-state index contributed by atoms with van der Waals surface area (Å²) in [4.78, 5) is 29.5. The Labute approximate surface area is 172 Å². The highest BCUT2D eigenvalue weighted by molar-refractivity contribution is 6.00. The standard InChI is InChI=1S/C24H18N2O4/c27-22-12-18(24(28)29)14-26(22)19-10-11-20-21(13-19)30-23(25-20)17-8-6-16(7-9-17)15-4-2-1-3-5-15/h1-11,13,18H,12,14H2,(H,28,29)/t18-/m1/s1. The van der Waals surface area contributed by atoms with E-state index in [1.165, 1.54) is 4.90 Å². The van der Waals surface area contributed by atoms with Gasteiger partial charge in [0.25, 0.3) is 0 Å². The van der Waals surface area contributed by atoms with E-state index in [0.29, 0.717) is 22.7 Å². The number of fused-ring (bicyclic) bond motifs is 1. The van der Waals surface area contributed by atoms with Crippen LogP contribution in [0.3, 0.4) is 0 Å². The molecule has 0 bridgehead atoms. The fourth-order valence-corrected chi connectivity index (χ4v) is 3.76. The normalized spacial score (nSPS) is 16.3. The minimum Gasteiger partial charge on any atom is -0.481 e. The van der Waals surface area contributed by atoms with Crippen LogP contribution in [0, 0.1) is 5.92 Å². The van der Waals surface area contributed by atoms with Crippen molar-refractivity contribution in [3.63, 3.8) is 0 Å². The minimum absolute atomic E-state index is 0.0167. The van der Waals surface area contributed by atoms with Crippen molar-refractivity contribution >= 4 is 28.7 Å². The van der Waals surface area contributed by atoms with Crippen molar-refractivity contribution in [2.45, 2.75) is 6.42 Å². The van der Waals surface area contributed by atoms with Gasteiger partial charge in [-0.2, -0.15) is 0 Å². The molecule has 3 aromatic carbocycles. The number of oxazole rings is 1. The Kier molecular flexibility index (Phi) is 4.32. The minimum atomic E-state index is -0.951. The molecule has 0 unspecified atom stereocenters. The van der Waals surface area contributed by atoms with Gasteiger partial charge in [0.15, 0.2) is 5.58 Å². The van der Waals surface area contributed by atoms with E-state index in [4.69, 9.17) is 4.42 Å². The second-order valence-corrected chi connectivity index (χ2v) is 7.36. The van der Waals surface area contributed by atoms with Gasteiger partial charge in [0.2, 0.25) is 11.8 Å². The molecule has 1 N–H and O–H groups in total. The maximum Gasteiger partial charge on any atom is 0.308 e. The zero-order valence-electron chi connectivity index (χ0n) is 16.0. The number of hydrogen-bond acceptors (Lipinski definition) is 4. The number of carboxylic acid groups (broad SMARTS) is 1. The van der Waals surface area contributed by atoms with Gasteiger partial charge in [-0.3, -0.25) is 9.59 Å². The summed E-state index contributed by atoms with van der Waals surface area (Å²) in [7, 11) is 0. The zero-order chi connectivity index (χ0) is 20.7. The summed E-state index contributed by atoms with van der Waals surface area (Å²) in [5.74, 6) is -1.33.